The molecule has 1 N–H and O–H groups in total. The molecule has 2 aromatic rings. The zero-order valence-electron chi connectivity index (χ0n) is 14.6. The first-order valence-electron chi connectivity index (χ1n) is 7.74. The third-order valence-electron chi connectivity index (χ3n) is 3.34. The number of hydrogen-bond donors (Lipinski definition) is 1. The number of rotatable bonds is 7. The molecule has 8 heteroatoms. The molecule has 0 aromatic heterocycles. The topological polar surface area (TPSA) is 73.9 Å². The van der Waals surface area contributed by atoms with E-state index in [0.717, 1.165) is 0 Å². The fourth-order valence-corrected chi connectivity index (χ4v) is 2.51. The van der Waals surface area contributed by atoms with Crippen molar-refractivity contribution >= 4 is 46.8 Å². The minimum atomic E-state index is -0.672. The highest BCUT2D eigenvalue weighted by molar-refractivity contribution is 6.36. The highest BCUT2D eigenvalue weighted by Crippen LogP contribution is 2.25. The van der Waals surface area contributed by atoms with Gasteiger partial charge in [0.25, 0.3) is 5.91 Å². The number of benzene rings is 2. The SMILES string of the molecule is COc1cc(/C=C/C(=O)OCC(=O)Nc2ccc(Cl)cc2Cl)cc(OC)c1. The van der Waals surface area contributed by atoms with Crippen LogP contribution in [0.4, 0.5) is 5.69 Å². The number of ether oxygens (including phenoxy) is 3. The van der Waals surface area contributed by atoms with Crippen molar-refractivity contribution in [3.05, 3.63) is 58.1 Å². The van der Waals surface area contributed by atoms with Crippen LogP contribution in [0.1, 0.15) is 5.56 Å². The second-order valence-electron chi connectivity index (χ2n) is 5.26. The Balaban J connectivity index is 1.90. The van der Waals surface area contributed by atoms with Crippen molar-refractivity contribution in [2.75, 3.05) is 26.1 Å². The summed E-state index contributed by atoms with van der Waals surface area (Å²) in [4.78, 5) is 23.7. The Bertz CT molecular complexity index is 845. The lowest BCUT2D eigenvalue weighted by Gasteiger charge is -2.07. The van der Waals surface area contributed by atoms with E-state index in [1.54, 1.807) is 30.3 Å². The van der Waals surface area contributed by atoms with Crippen LogP contribution in [-0.4, -0.2) is 32.7 Å². The van der Waals surface area contributed by atoms with Gasteiger partial charge in [0.1, 0.15) is 11.5 Å². The minimum absolute atomic E-state index is 0.286. The van der Waals surface area contributed by atoms with Gasteiger partial charge in [0.05, 0.1) is 24.9 Å². The lowest BCUT2D eigenvalue weighted by atomic mass is 10.2. The number of carbonyl (C=O) groups is 2. The molecule has 0 aliphatic heterocycles. The van der Waals surface area contributed by atoms with E-state index in [9.17, 15) is 9.59 Å². The molecule has 0 fully saturated rings. The summed E-state index contributed by atoms with van der Waals surface area (Å²) >= 11 is 11.8. The second kappa shape index (κ2) is 9.85. The summed E-state index contributed by atoms with van der Waals surface area (Å²) < 4.78 is 15.2. The van der Waals surface area contributed by atoms with E-state index >= 15 is 0 Å². The van der Waals surface area contributed by atoms with Gasteiger partial charge in [0.2, 0.25) is 0 Å². The van der Waals surface area contributed by atoms with Gasteiger partial charge in [-0.3, -0.25) is 4.79 Å². The fraction of sp³-hybridized carbons (Fsp3) is 0.158. The lowest BCUT2D eigenvalue weighted by Crippen LogP contribution is -2.20. The van der Waals surface area contributed by atoms with Crippen LogP contribution >= 0.6 is 23.2 Å². The van der Waals surface area contributed by atoms with E-state index in [4.69, 9.17) is 37.4 Å². The normalized spacial score (nSPS) is 10.5. The molecule has 0 saturated carbocycles. The van der Waals surface area contributed by atoms with Crippen molar-refractivity contribution in [1.29, 1.82) is 0 Å². The van der Waals surface area contributed by atoms with Gasteiger partial charge in [-0.25, -0.2) is 4.79 Å². The van der Waals surface area contributed by atoms with Crippen LogP contribution in [0.5, 0.6) is 11.5 Å². The molecule has 27 heavy (non-hydrogen) atoms. The second-order valence-corrected chi connectivity index (χ2v) is 6.10. The predicted octanol–water partition coefficient (Wildman–Crippen LogP) is 4.21. The molecule has 6 nitrogen and oxygen atoms in total. The van der Waals surface area contributed by atoms with Gasteiger partial charge < -0.3 is 19.5 Å². The van der Waals surface area contributed by atoms with Crippen LogP contribution in [-0.2, 0) is 14.3 Å². The van der Waals surface area contributed by atoms with Crippen molar-refractivity contribution in [1.82, 2.24) is 0 Å². The molecule has 0 spiro atoms. The van der Waals surface area contributed by atoms with Gasteiger partial charge >= 0.3 is 5.97 Å². The van der Waals surface area contributed by atoms with Crippen molar-refractivity contribution in [2.24, 2.45) is 0 Å². The molecule has 0 heterocycles. The van der Waals surface area contributed by atoms with Crippen molar-refractivity contribution < 1.29 is 23.8 Å². The number of carbonyl (C=O) groups excluding carboxylic acids is 2. The smallest absolute Gasteiger partial charge is 0.331 e. The van der Waals surface area contributed by atoms with Crippen LogP contribution in [0.25, 0.3) is 6.08 Å². The van der Waals surface area contributed by atoms with Crippen molar-refractivity contribution in [3.8, 4) is 11.5 Å². The molecule has 0 aliphatic rings. The molecule has 0 aliphatic carbocycles. The molecule has 2 aromatic carbocycles. The highest BCUT2D eigenvalue weighted by atomic mass is 35.5. The molecule has 0 saturated heterocycles. The molecule has 0 radical (unpaired) electrons. The van der Waals surface area contributed by atoms with Crippen LogP contribution in [0.3, 0.4) is 0 Å². The zero-order chi connectivity index (χ0) is 19.8. The average Bonchev–Trinajstić information content (AvgIpc) is 2.66. The first kappa shape index (κ1) is 20.6. The standard InChI is InChI=1S/C19H17Cl2NO5/c1-25-14-7-12(8-15(10-14)26-2)3-6-19(24)27-11-18(23)22-17-5-4-13(20)9-16(17)21/h3-10H,11H2,1-2H3,(H,22,23)/b6-3+. The van der Waals surface area contributed by atoms with E-state index in [1.807, 2.05) is 0 Å². The molecule has 0 atom stereocenters. The number of anilines is 1. The van der Waals surface area contributed by atoms with Crippen molar-refractivity contribution in [2.45, 2.75) is 0 Å². The van der Waals surface area contributed by atoms with Gasteiger partial charge in [0, 0.05) is 17.2 Å². The highest BCUT2D eigenvalue weighted by Gasteiger charge is 2.09. The Morgan fingerprint density at radius 1 is 1.04 bits per heavy atom. The summed E-state index contributed by atoms with van der Waals surface area (Å²) in [6.07, 6.45) is 2.73. The Kier molecular flexibility index (Phi) is 7.52. The first-order valence-corrected chi connectivity index (χ1v) is 8.49. The zero-order valence-corrected chi connectivity index (χ0v) is 16.1. The fourth-order valence-electron chi connectivity index (χ4n) is 2.05. The number of halogens is 2. The van der Waals surface area contributed by atoms with E-state index in [1.165, 1.54) is 32.4 Å². The first-order chi connectivity index (χ1) is 12.9. The van der Waals surface area contributed by atoms with Gasteiger partial charge in [-0.2, -0.15) is 0 Å². The average molecular weight is 410 g/mol. The summed E-state index contributed by atoms with van der Waals surface area (Å²) in [5, 5.41) is 3.27. The van der Waals surface area contributed by atoms with Gasteiger partial charge in [-0.15, -0.1) is 0 Å². The maximum absolute atomic E-state index is 11.9. The maximum Gasteiger partial charge on any atom is 0.331 e. The van der Waals surface area contributed by atoms with E-state index in [0.29, 0.717) is 27.8 Å². The van der Waals surface area contributed by atoms with E-state index in [-0.39, 0.29) is 5.02 Å². The minimum Gasteiger partial charge on any atom is -0.497 e. The van der Waals surface area contributed by atoms with Crippen LogP contribution in [0.15, 0.2) is 42.5 Å². The van der Waals surface area contributed by atoms with Crippen LogP contribution in [0.2, 0.25) is 10.0 Å². The van der Waals surface area contributed by atoms with Gasteiger partial charge in [-0.05, 0) is 42.0 Å². The number of nitrogens with one attached hydrogen (secondary N) is 1. The Labute approximate surface area is 166 Å². The Hall–Kier alpha value is -2.70. The Morgan fingerprint density at radius 2 is 1.70 bits per heavy atom. The molecular weight excluding hydrogens is 393 g/mol. The molecule has 0 bridgehead atoms. The predicted molar refractivity (Wildman–Crippen MR) is 105 cm³/mol. The number of methoxy groups -OCH3 is 2. The van der Waals surface area contributed by atoms with E-state index in [2.05, 4.69) is 5.32 Å². The summed E-state index contributed by atoms with van der Waals surface area (Å²) in [6.45, 7) is -0.455. The third-order valence-corrected chi connectivity index (χ3v) is 3.88. The van der Waals surface area contributed by atoms with Gasteiger partial charge in [-0.1, -0.05) is 23.2 Å². The third kappa shape index (κ3) is 6.51. The number of amides is 1. The largest absolute Gasteiger partial charge is 0.497 e. The maximum atomic E-state index is 11.9. The molecule has 0 unspecified atom stereocenters. The van der Waals surface area contributed by atoms with Crippen molar-refractivity contribution in [3.63, 3.8) is 0 Å². The summed E-state index contributed by atoms with van der Waals surface area (Å²) in [6, 6.07) is 9.79. The summed E-state index contributed by atoms with van der Waals surface area (Å²) in [7, 11) is 3.06. The van der Waals surface area contributed by atoms with Gasteiger partial charge in [0.15, 0.2) is 6.61 Å². The summed E-state index contributed by atoms with van der Waals surface area (Å²) in [5.41, 5.74) is 1.06. The quantitative estimate of drug-likeness (QED) is 0.547. The summed E-state index contributed by atoms with van der Waals surface area (Å²) in [5.74, 6) is -0.0265. The molecule has 2 rings (SSSR count). The Morgan fingerprint density at radius 3 is 2.30 bits per heavy atom. The number of hydrogen-bond acceptors (Lipinski definition) is 5. The molecule has 142 valence electrons. The van der Waals surface area contributed by atoms with Crippen LogP contribution in [0, 0.1) is 0 Å². The molecular formula is C19H17Cl2NO5. The number of esters is 1. The van der Waals surface area contributed by atoms with E-state index < -0.39 is 18.5 Å². The molecule has 1 amide bonds. The monoisotopic (exact) mass is 409 g/mol. The van der Waals surface area contributed by atoms with Crippen LogP contribution < -0.4 is 14.8 Å². The lowest BCUT2D eigenvalue weighted by molar-refractivity contribution is -0.142.